The van der Waals surface area contributed by atoms with E-state index in [0.29, 0.717) is 18.2 Å². The molecule has 4 rings (SSSR count). The molecule has 0 aromatic heterocycles. The van der Waals surface area contributed by atoms with Crippen molar-refractivity contribution in [2.45, 2.75) is 82.5 Å². The van der Waals surface area contributed by atoms with Gasteiger partial charge in [-0.1, -0.05) is 32.1 Å². The minimum Gasteiger partial charge on any atom is -0.376 e. The van der Waals surface area contributed by atoms with E-state index < -0.39 is 0 Å². The Balaban J connectivity index is 1.17. The van der Waals surface area contributed by atoms with Crippen molar-refractivity contribution in [2.75, 3.05) is 33.4 Å². The number of guanidine groups is 1. The lowest BCUT2D eigenvalue weighted by atomic mass is 9.85. The molecule has 2 saturated heterocycles. The van der Waals surface area contributed by atoms with Crippen molar-refractivity contribution in [1.29, 1.82) is 0 Å². The Kier molecular flexibility index (Phi) is 6.36. The Bertz CT molecular complexity index is 464. The van der Waals surface area contributed by atoms with E-state index in [4.69, 9.17) is 9.47 Å². The molecule has 2 aliphatic carbocycles. The Labute approximate surface area is 158 Å². The van der Waals surface area contributed by atoms with Crippen molar-refractivity contribution in [3.63, 3.8) is 0 Å². The summed E-state index contributed by atoms with van der Waals surface area (Å²) in [5.74, 6) is 2.99. The molecule has 3 unspecified atom stereocenters. The molecule has 4 fully saturated rings. The van der Waals surface area contributed by atoms with Crippen LogP contribution in [0.15, 0.2) is 4.99 Å². The summed E-state index contributed by atoms with van der Waals surface area (Å²) >= 11 is 0. The van der Waals surface area contributed by atoms with E-state index in [1.165, 1.54) is 51.4 Å². The molecule has 0 aromatic carbocycles. The van der Waals surface area contributed by atoms with Crippen LogP contribution < -0.4 is 5.32 Å². The third-order valence-electron chi connectivity index (χ3n) is 6.90. The standard InChI is InChI=1S/C21H37N3O2/c1-22-21(23-20-14-19(20)16-6-3-2-4-7-16)24-11-9-17(10-12-24)26-15-18-8-5-13-25-18/h16-20H,2-15H2,1H3,(H,22,23). The van der Waals surface area contributed by atoms with Crippen molar-refractivity contribution in [3.05, 3.63) is 0 Å². The number of nitrogens with zero attached hydrogens (tertiary/aromatic N) is 2. The molecule has 1 N–H and O–H groups in total. The fraction of sp³-hybridized carbons (Fsp3) is 0.952. The first kappa shape index (κ1) is 18.5. The Morgan fingerprint density at radius 3 is 2.58 bits per heavy atom. The van der Waals surface area contributed by atoms with Gasteiger partial charge in [0.25, 0.3) is 0 Å². The maximum atomic E-state index is 6.11. The average Bonchev–Trinajstić information content (AvgIpc) is 3.27. The minimum atomic E-state index is 0.342. The van der Waals surface area contributed by atoms with Gasteiger partial charge in [-0.3, -0.25) is 4.99 Å². The number of hydrogen-bond donors (Lipinski definition) is 1. The van der Waals surface area contributed by atoms with E-state index in [1.807, 2.05) is 7.05 Å². The van der Waals surface area contributed by atoms with E-state index in [2.05, 4.69) is 15.2 Å². The van der Waals surface area contributed by atoms with Crippen molar-refractivity contribution >= 4 is 5.96 Å². The molecule has 0 aromatic rings. The fourth-order valence-corrected chi connectivity index (χ4v) is 5.18. The normalized spacial score (nSPS) is 34.3. The molecule has 0 radical (unpaired) electrons. The van der Waals surface area contributed by atoms with Gasteiger partial charge in [0.05, 0.1) is 18.8 Å². The second-order valence-electron chi connectivity index (χ2n) is 8.75. The summed E-state index contributed by atoms with van der Waals surface area (Å²) in [6.07, 6.45) is 13.9. The average molecular weight is 364 g/mol. The van der Waals surface area contributed by atoms with Crippen molar-refractivity contribution in [1.82, 2.24) is 10.2 Å². The van der Waals surface area contributed by atoms with Crippen LogP contribution in [0.25, 0.3) is 0 Å². The van der Waals surface area contributed by atoms with Crippen LogP contribution in [0, 0.1) is 11.8 Å². The molecule has 0 bridgehead atoms. The largest absolute Gasteiger partial charge is 0.376 e. The summed E-state index contributed by atoms with van der Waals surface area (Å²) < 4.78 is 11.8. The predicted octanol–water partition coefficient (Wildman–Crippen LogP) is 3.19. The van der Waals surface area contributed by atoms with E-state index in [1.54, 1.807) is 0 Å². The lowest BCUT2D eigenvalue weighted by molar-refractivity contribution is -0.0367. The number of rotatable bonds is 5. The van der Waals surface area contributed by atoms with E-state index in [0.717, 1.165) is 56.9 Å². The van der Waals surface area contributed by atoms with Crippen LogP contribution in [0.3, 0.4) is 0 Å². The van der Waals surface area contributed by atoms with Gasteiger partial charge in [0.2, 0.25) is 0 Å². The van der Waals surface area contributed by atoms with Crippen LogP contribution in [0.5, 0.6) is 0 Å². The summed E-state index contributed by atoms with van der Waals surface area (Å²) in [4.78, 5) is 7.01. The van der Waals surface area contributed by atoms with Crippen molar-refractivity contribution in [2.24, 2.45) is 16.8 Å². The van der Waals surface area contributed by atoms with Gasteiger partial charge >= 0.3 is 0 Å². The molecule has 5 heteroatoms. The molecule has 0 amide bonds. The van der Waals surface area contributed by atoms with Crippen LogP contribution in [0.4, 0.5) is 0 Å². The third-order valence-corrected chi connectivity index (χ3v) is 6.90. The number of ether oxygens (including phenoxy) is 2. The lowest BCUT2D eigenvalue weighted by Crippen LogP contribution is -2.48. The van der Waals surface area contributed by atoms with Gasteiger partial charge in [0.1, 0.15) is 0 Å². The van der Waals surface area contributed by atoms with Crippen molar-refractivity contribution < 1.29 is 9.47 Å². The summed E-state index contributed by atoms with van der Waals surface area (Å²) in [5, 5.41) is 3.76. The van der Waals surface area contributed by atoms with Crippen LogP contribution >= 0.6 is 0 Å². The van der Waals surface area contributed by atoms with Gasteiger partial charge in [-0.05, 0) is 43.9 Å². The summed E-state index contributed by atoms with van der Waals surface area (Å²) in [6, 6.07) is 0.672. The summed E-state index contributed by atoms with van der Waals surface area (Å²) in [5.41, 5.74) is 0. The molecule has 26 heavy (non-hydrogen) atoms. The highest BCUT2D eigenvalue weighted by Gasteiger charge is 2.44. The second kappa shape index (κ2) is 8.92. The van der Waals surface area contributed by atoms with Gasteiger partial charge in [0, 0.05) is 32.8 Å². The number of hydrogen-bond acceptors (Lipinski definition) is 3. The molecule has 3 atom stereocenters. The highest BCUT2D eigenvalue weighted by Crippen LogP contribution is 2.44. The number of piperidine rings is 1. The molecule has 5 nitrogen and oxygen atoms in total. The predicted molar refractivity (Wildman–Crippen MR) is 104 cm³/mol. The fourth-order valence-electron chi connectivity index (χ4n) is 5.18. The van der Waals surface area contributed by atoms with E-state index in [-0.39, 0.29) is 0 Å². The van der Waals surface area contributed by atoms with Crippen LogP contribution in [-0.2, 0) is 9.47 Å². The highest BCUT2D eigenvalue weighted by molar-refractivity contribution is 5.80. The van der Waals surface area contributed by atoms with Crippen LogP contribution in [0.2, 0.25) is 0 Å². The first-order chi connectivity index (χ1) is 12.8. The van der Waals surface area contributed by atoms with Gasteiger partial charge in [-0.25, -0.2) is 0 Å². The third kappa shape index (κ3) is 4.72. The Hall–Kier alpha value is -0.810. The first-order valence-electron chi connectivity index (χ1n) is 11.0. The maximum absolute atomic E-state index is 6.11. The molecule has 2 saturated carbocycles. The van der Waals surface area contributed by atoms with Gasteiger partial charge in [-0.15, -0.1) is 0 Å². The zero-order chi connectivity index (χ0) is 17.8. The monoisotopic (exact) mass is 363 g/mol. The van der Waals surface area contributed by atoms with Crippen LogP contribution in [-0.4, -0.2) is 62.5 Å². The highest BCUT2D eigenvalue weighted by atomic mass is 16.5. The van der Waals surface area contributed by atoms with E-state index in [9.17, 15) is 0 Å². The lowest BCUT2D eigenvalue weighted by Gasteiger charge is -2.34. The summed E-state index contributed by atoms with van der Waals surface area (Å²) in [7, 11) is 1.93. The molecule has 148 valence electrons. The number of likely N-dealkylation sites (tertiary alicyclic amines) is 1. The van der Waals surface area contributed by atoms with Gasteiger partial charge < -0.3 is 19.7 Å². The van der Waals surface area contributed by atoms with Crippen LogP contribution in [0.1, 0.15) is 64.2 Å². The molecule has 0 spiro atoms. The zero-order valence-corrected chi connectivity index (χ0v) is 16.5. The van der Waals surface area contributed by atoms with Gasteiger partial charge in [0.15, 0.2) is 5.96 Å². The molecule has 4 aliphatic rings. The topological polar surface area (TPSA) is 46.1 Å². The molecular formula is C21H37N3O2. The Morgan fingerprint density at radius 2 is 1.88 bits per heavy atom. The van der Waals surface area contributed by atoms with Gasteiger partial charge in [-0.2, -0.15) is 0 Å². The quantitative estimate of drug-likeness (QED) is 0.602. The minimum absolute atomic E-state index is 0.342. The number of nitrogens with one attached hydrogen (secondary N) is 1. The Morgan fingerprint density at radius 1 is 1.08 bits per heavy atom. The van der Waals surface area contributed by atoms with E-state index >= 15 is 0 Å². The molecular weight excluding hydrogens is 326 g/mol. The summed E-state index contributed by atoms with van der Waals surface area (Å²) in [6.45, 7) is 3.80. The maximum Gasteiger partial charge on any atom is 0.193 e. The molecule has 2 heterocycles. The first-order valence-corrected chi connectivity index (χ1v) is 11.0. The molecule has 2 aliphatic heterocycles. The smallest absolute Gasteiger partial charge is 0.193 e. The number of aliphatic imine (C=N–C) groups is 1. The SMILES string of the molecule is CN=C(NC1CC1C1CCCCC1)N1CCC(OCC2CCCO2)CC1. The zero-order valence-electron chi connectivity index (χ0n) is 16.5. The van der Waals surface area contributed by atoms with Crippen molar-refractivity contribution in [3.8, 4) is 0 Å². The second-order valence-corrected chi connectivity index (χ2v) is 8.75.